The number of hydrogen-bond donors (Lipinski definition) is 0. The first-order valence-electron chi connectivity index (χ1n) is 3.98. The smallest absolute Gasteiger partial charge is 0.233 e. The molecule has 0 heterocycles. The molecule has 1 rings (SSSR count). The summed E-state index contributed by atoms with van der Waals surface area (Å²) in [5.74, 6) is 0.757. The van der Waals surface area contributed by atoms with E-state index in [1.54, 1.807) is 30.6 Å². The molecule has 0 aromatic heterocycles. The van der Waals surface area contributed by atoms with Crippen LogP contribution in [0.15, 0.2) is 24.3 Å². The summed E-state index contributed by atoms with van der Waals surface area (Å²) >= 11 is 0. The van der Waals surface area contributed by atoms with E-state index in [-0.39, 0.29) is 0 Å². The second-order valence-electron chi connectivity index (χ2n) is 2.98. The lowest BCUT2D eigenvalue weighted by Gasteiger charge is -2.11. The van der Waals surface area contributed by atoms with E-state index in [1.807, 2.05) is 19.0 Å². The van der Waals surface area contributed by atoms with Crippen LogP contribution < -0.4 is 4.74 Å². The molecular formula is C10H12NO2. The summed E-state index contributed by atoms with van der Waals surface area (Å²) in [7, 11) is 3.85. The molecule has 0 unspecified atom stereocenters. The molecule has 0 bridgehead atoms. The first-order valence-corrected chi connectivity index (χ1v) is 3.98. The zero-order valence-corrected chi connectivity index (χ0v) is 7.78. The van der Waals surface area contributed by atoms with Gasteiger partial charge in [-0.05, 0) is 38.4 Å². The largest absolute Gasteiger partial charge is 0.478 e. The number of ether oxygens (including phenoxy) is 1. The van der Waals surface area contributed by atoms with Gasteiger partial charge < -0.3 is 4.74 Å². The second kappa shape index (κ2) is 4.62. The van der Waals surface area contributed by atoms with Crippen molar-refractivity contribution in [1.82, 2.24) is 4.90 Å². The Labute approximate surface area is 77.9 Å². The molecule has 3 heteroatoms. The maximum Gasteiger partial charge on any atom is 0.233 e. The Balaban J connectivity index is 2.54. The maximum absolute atomic E-state index is 10.2. The van der Waals surface area contributed by atoms with E-state index in [4.69, 9.17) is 4.74 Å². The van der Waals surface area contributed by atoms with Gasteiger partial charge in [0.2, 0.25) is 6.29 Å². The Morgan fingerprint density at radius 3 is 2.38 bits per heavy atom. The van der Waals surface area contributed by atoms with Crippen LogP contribution in [0.4, 0.5) is 0 Å². The van der Waals surface area contributed by atoms with Crippen molar-refractivity contribution >= 4 is 6.29 Å². The average molecular weight is 178 g/mol. The fraction of sp³-hybridized carbons (Fsp3) is 0.300. The molecule has 1 radical (unpaired) electrons. The van der Waals surface area contributed by atoms with E-state index in [1.165, 1.54) is 0 Å². The van der Waals surface area contributed by atoms with E-state index in [9.17, 15) is 4.79 Å². The first-order chi connectivity index (χ1) is 6.22. The van der Waals surface area contributed by atoms with Crippen LogP contribution in [0.25, 0.3) is 0 Å². The monoisotopic (exact) mass is 178 g/mol. The molecule has 1 aromatic rings. The number of benzene rings is 1. The van der Waals surface area contributed by atoms with Gasteiger partial charge in [-0.2, -0.15) is 0 Å². The van der Waals surface area contributed by atoms with Crippen molar-refractivity contribution in [3.05, 3.63) is 29.8 Å². The molecular weight excluding hydrogens is 166 g/mol. The molecule has 0 saturated carbocycles. The van der Waals surface area contributed by atoms with Gasteiger partial charge in [-0.1, -0.05) is 0 Å². The molecule has 0 saturated heterocycles. The van der Waals surface area contributed by atoms with Gasteiger partial charge in [0.05, 0.1) is 0 Å². The summed E-state index contributed by atoms with van der Waals surface area (Å²) in [6.45, 7) is 0.532. The van der Waals surface area contributed by atoms with E-state index in [2.05, 4.69) is 0 Å². The molecule has 0 fully saturated rings. The molecule has 0 aliphatic rings. The van der Waals surface area contributed by atoms with Gasteiger partial charge in [0.1, 0.15) is 12.5 Å². The van der Waals surface area contributed by atoms with Crippen LogP contribution in [0.1, 0.15) is 5.56 Å². The fourth-order valence-corrected chi connectivity index (χ4v) is 0.823. The predicted molar refractivity (Wildman–Crippen MR) is 50.4 cm³/mol. The van der Waals surface area contributed by atoms with E-state index >= 15 is 0 Å². The lowest BCUT2D eigenvalue weighted by Crippen LogP contribution is -2.18. The Morgan fingerprint density at radius 2 is 1.92 bits per heavy atom. The van der Waals surface area contributed by atoms with Crippen LogP contribution in [-0.2, 0) is 4.79 Å². The molecule has 0 spiro atoms. The van der Waals surface area contributed by atoms with Crippen molar-refractivity contribution in [3.8, 4) is 5.75 Å². The molecule has 3 nitrogen and oxygen atoms in total. The van der Waals surface area contributed by atoms with Crippen molar-refractivity contribution in [2.75, 3.05) is 20.8 Å². The quantitative estimate of drug-likeness (QED) is 0.645. The molecule has 0 atom stereocenters. The van der Waals surface area contributed by atoms with E-state index in [0.717, 1.165) is 5.75 Å². The molecule has 69 valence electrons. The van der Waals surface area contributed by atoms with Gasteiger partial charge in [-0.3, -0.25) is 9.69 Å². The van der Waals surface area contributed by atoms with Crippen molar-refractivity contribution in [2.45, 2.75) is 0 Å². The third kappa shape index (κ3) is 3.25. The summed E-state index contributed by atoms with van der Waals surface area (Å²) < 4.78 is 5.36. The minimum atomic E-state index is 0.532. The van der Waals surface area contributed by atoms with Crippen molar-refractivity contribution < 1.29 is 9.53 Å². The van der Waals surface area contributed by atoms with Crippen molar-refractivity contribution in [3.63, 3.8) is 0 Å². The van der Waals surface area contributed by atoms with Crippen molar-refractivity contribution in [1.29, 1.82) is 0 Å². The highest BCUT2D eigenvalue weighted by Gasteiger charge is 1.95. The zero-order valence-electron chi connectivity index (χ0n) is 7.78. The maximum atomic E-state index is 10.2. The molecule has 0 aliphatic heterocycles. The van der Waals surface area contributed by atoms with Crippen molar-refractivity contribution in [2.24, 2.45) is 0 Å². The molecule has 13 heavy (non-hydrogen) atoms. The van der Waals surface area contributed by atoms with E-state index in [0.29, 0.717) is 12.3 Å². The van der Waals surface area contributed by atoms with Crippen LogP contribution in [0, 0.1) is 0 Å². The minimum absolute atomic E-state index is 0.532. The van der Waals surface area contributed by atoms with Gasteiger partial charge in [0, 0.05) is 5.56 Å². The average Bonchev–Trinajstić information content (AvgIpc) is 2.15. The minimum Gasteiger partial charge on any atom is -0.478 e. The Morgan fingerprint density at radius 1 is 1.31 bits per heavy atom. The lowest BCUT2D eigenvalue weighted by atomic mass is 10.2. The van der Waals surface area contributed by atoms with E-state index < -0.39 is 0 Å². The summed E-state index contributed by atoms with van der Waals surface area (Å²) in [4.78, 5) is 12.1. The van der Waals surface area contributed by atoms with Gasteiger partial charge >= 0.3 is 0 Å². The number of nitrogens with zero attached hydrogens (tertiary/aromatic N) is 1. The van der Waals surface area contributed by atoms with Crippen LogP contribution in [0.5, 0.6) is 5.75 Å². The molecule has 1 aromatic carbocycles. The van der Waals surface area contributed by atoms with Crippen LogP contribution in [0.2, 0.25) is 0 Å². The predicted octanol–water partition coefficient (Wildman–Crippen LogP) is 1.04. The molecule has 0 N–H and O–H groups in total. The highest BCUT2D eigenvalue weighted by molar-refractivity contribution is 5.75. The fourth-order valence-electron chi connectivity index (χ4n) is 0.823. The SMILES string of the molecule is CN(C)COc1ccc([C]=O)cc1. The number of rotatable bonds is 4. The van der Waals surface area contributed by atoms with Crippen LogP contribution in [0.3, 0.4) is 0 Å². The topological polar surface area (TPSA) is 29.5 Å². The van der Waals surface area contributed by atoms with Crippen LogP contribution >= 0.6 is 0 Å². The Bertz CT molecular complexity index is 267. The Kier molecular flexibility index (Phi) is 3.46. The summed E-state index contributed by atoms with van der Waals surface area (Å²) in [6, 6.07) is 6.86. The van der Waals surface area contributed by atoms with Gasteiger partial charge in [0.15, 0.2) is 0 Å². The molecule has 0 aliphatic carbocycles. The van der Waals surface area contributed by atoms with Crippen LogP contribution in [-0.4, -0.2) is 32.0 Å². The van der Waals surface area contributed by atoms with Gasteiger partial charge in [0.25, 0.3) is 0 Å². The second-order valence-corrected chi connectivity index (χ2v) is 2.98. The third-order valence-electron chi connectivity index (χ3n) is 1.46. The molecule has 0 amide bonds. The first kappa shape index (κ1) is 9.74. The third-order valence-corrected chi connectivity index (χ3v) is 1.46. The Hall–Kier alpha value is -1.35. The highest BCUT2D eigenvalue weighted by Crippen LogP contribution is 2.10. The van der Waals surface area contributed by atoms with Gasteiger partial charge in [-0.25, -0.2) is 0 Å². The summed E-state index contributed by atoms with van der Waals surface area (Å²) in [5.41, 5.74) is 0.539. The zero-order chi connectivity index (χ0) is 9.68. The summed E-state index contributed by atoms with van der Waals surface area (Å²) in [6.07, 6.45) is 1.80. The summed E-state index contributed by atoms with van der Waals surface area (Å²) in [5, 5.41) is 0. The van der Waals surface area contributed by atoms with Gasteiger partial charge in [-0.15, -0.1) is 0 Å². The number of hydrogen-bond acceptors (Lipinski definition) is 3. The standard InChI is InChI=1S/C10H12NO2/c1-11(2)8-13-10-5-3-9(7-12)4-6-10/h3-6H,8H2,1-2H3. The number of carbonyl (C=O) groups excluding carboxylic acids is 1. The normalized spacial score (nSPS) is 10.1. The highest BCUT2D eigenvalue weighted by atomic mass is 16.5. The lowest BCUT2D eigenvalue weighted by molar-refractivity contribution is 0.179.